The van der Waals surface area contributed by atoms with Gasteiger partial charge >= 0.3 is 0 Å². The van der Waals surface area contributed by atoms with Crippen molar-refractivity contribution in [2.24, 2.45) is 0 Å². The molecule has 2 aromatic heterocycles. The van der Waals surface area contributed by atoms with Crippen LogP contribution in [0.15, 0.2) is 16.7 Å². The minimum Gasteiger partial charge on any atom is -0.354 e. The van der Waals surface area contributed by atoms with E-state index in [9.17, 15) is 0 Å². The number of hydrogen-bond acceptors (Lipinski definition) is 5. The van der Waals surface area contributed by atoms with Gasteiger partial charge in [0.05, 0.1) is 11.1 Å². The third-order valence-corrected chi connectivity index (χ3v) is 2.95. The van der Waals surface area contributed by atoms with Crippen molar-refractivity contribution in [1.82, 2.24) is 15.5 Å². The maximum absolute atomic E-state index is 5.18. The maximum atomic E-state index is 5.18. The number of piperazine rings is 1. The fourth-order valence-corrected chi connectivity index (χ4v) is 2.01. The van der Waals surface area contributed by atoms with Gasteiger partial charge < -0.3 is 14.7 Å². The SMILES string of the molecule is Cc1noc2nc(N3CCNCC3)ccc12. The third kappa shape index (κ3) is 1.53. The summed E-state index contributed by atoms with van der Waals surface area (Å²) in [5.41, 5.74) is 1.53. The maximum Gasteiger partial charge on any atom is 0.259 e. The molecular weight excluding hydrogens is 204 g/mol. The lowest BCUT2D eigenvalue weighted by molar-refractivity contribution is 0.442. The molecule has 84 valence electrons. The van der Waals surface area contributed by atoms with E-state index in [2.05, 4.69) is 20.4 Å². The molecule has 1 aliphatic rings. The Hall–Kier alpha value is -1.62. The van der Waals surface area contributed by atoms with Crippen molar-refractivity contribution >= 4 is 16.9 Å². The van der Waals surface area contributed by atoms with Crippen LogP contribution in [0, 0.1) is 6.92 Å². The molecule has 0 unspecified atom stereocenters. The van der Waals surface area contributed by atoms with Crippen LogP contribution >= 0.6 is 0 Å². The molecule has 1 saturated heterocycles. The van der Waals surface area contributed by atoms with Gasteiger partial charge in [-0.25, -0.2) is 0 Å². The Balaban J connectivity index is 1.97. The summed E-state index contributed by atoms with van der Waals surface area (Å²) < 4.78 is 5.18. The monoisotopic (exact) mass is 218 g/mol. The first-order valence-electron chi connectivity index (χ1n) is 5.53. The second-order valence-electron chi connectivity index (χ2n) is 4.03. The van der Waals surface area contributed by atoms with E-state index in [1.807, 2.05) is 19.1 Å². The first-order valence-corrected chi connectivity index (χ1v) is 5.53. The van der Waals surface area contributed by atoms with Gasteiger partial charge in [-0.15, -0.1) is 0 Å². The normalized spacial score (nSPS) is 16.9. The Labute approximate surface area is 93.4 Å². The smallest absolute Gasteiger partial charge is 0.259 e. The summed E-state index contributed by atoms with van der Waals surface area (Å²) in [4.78, 5) is 6.75. The van der Waals surface area contributed by atoms with E-state index in [4.69, 9.17) is 4.52 Å². The lowest BCUT2D eigenvalue weighted by Gasteiger charge is -2.28. The molecule has 0 aliphatic carbocycles. The molecule has 2 aromatic rings. The van der Waals surface area contributed by atoms with Crippen molar-refractivity contribution in [2.45, 2.75) is 6.92 Å². The number of rotatable bonds is 1. The summed E-state index contributed by atoms with van der Waals surface area (Å²) in [6.07, 6.45) is 0. The van der Waals surface area contributed by atoms with E-state index < -0.39 is 0 Å². The molecule has 0 aromatic carbocycles. The lowest BCUT2D eigenvalue weighted by atomic mass is 10.2. The predicted octanol–water partition coefficient (Wildman–Crippen LogP) is 0.941. The Kier molecular flexibility index (Phi) is 2.25. The summed E-state index contributed by atoms with van der Waals surface area (Å²) in [5.74, 6) is 0.977. The van der Waals surface area contributed by atoms with Crippen LogP contribution in [0.4, 0.5) is 5.82 Å². The third-order valence-electron chi connectivity index (χ3n) is 2.95. The number of aromatic nitrogens is 2. The van der Waals surface area contributed by atoms with Crippen molar-refractivity contribution in [2.75, 3.05) is 31.1 Å². The zero-order valence-electron chi connectivity index (χ0n) is 9.23. The van der Waals surface area contributed by atoms with Crippen molar-refractivity contribution in [3.63, 3.8) is 0 Å². The number of anilines is 1. The number of fused-ring (bicyclic) bond motifs is 1. The zero-order chi connectivity index (χ0) is 11.0. The summed E-state index contributed by atoms with van der Waals surface area (Å²) in [6, 6.07) is 4.07. The highest BCUT2D eigenvalue weighted by atomic mass is 16.5. The van der Waals surface area contributed by atoms with Crippen LogP contribution in [0.1, 0.15) is 5.69 Å². The van der Waals surface area contributed by atoms with Gasteiger partial charge in [0, 0.05) is 26.2 Å². The van der Waals surface area contributed by atoms with Gasteiger partial charge in [-0.2, -0.15) is 4.98 Å². The largest absolute Gasteiger partial charge is 0.354 e. The van der Waals surface area contributed by atoms with E-state index in [1.165, 1.54) is 0 Å². The van der Waals surface area contributed by atoms with Crippen LogP contribution in [-0.2, 0) is 0 Å². The molecule has 1 aliphatic heterocycles. The minimum atomic E-state index is 0.633. The van der Waals surface area contributed by atoms with Crippen molar-refractivity contribution in [3.8, 4) is 0 Å². The Bertz CT molecular complexity index is 502. The Morgan fingerprint density at radius 3 is 2.94 bits per heavy atom. The molecule has 0 bridgehead atoms. The van der Waals surface area contributed by atoms with Crippen molar-refractivity contribution in [3.05, 3.63) is 17.8 Å². The molecule has 5 nitrogen and oxygen atoms in total. The molecule has 5 heteroatoms. The summed E-state index contributed by atoms with van der Waals surface area (Å²) in [5, 5.41) is 8.23. The molecule has 1 fully saturated rings. The average Bonchev–Trinajstić information content (AvgIpc) is 2.72. The Morgan fingerprint density at radius 1 is 1.31 bits per heavy atom. The minimum absolute atomic E-state index is 0.633. The standard InChI is InChI=1S/C11H14N4O/c1-8-9-2-3-10(13-11(9)16-14-8)15-6-4-12-5-7-15/h2-3,12H,4-7H2,1H3. The topological polar surface area (TPSA) is 54.2 Å². The van der Waals surface area contributed by atoms with Gasteiger partial charge in [0.25, 0.3) is 5.71 Å². The first-order chi connectivity index (χ1) is 7.84. The van der Waals surface area contributed by atoms with Gasteiger partial charge in [-0.3, -0.25) is 0 Å². The molecule has 3 heterocycles. The summed E-state index contributed by atoms with van der Waals surface area (Å²) in [7, 11) is 0. The van der Waals surface area contributed by atoms with Crippen LogP contribution in [0.2, 0.25) is 0 Å². The molecule has 0 amide bonds. The number of aryl methyl sites for hydroxylation is 1. The molecular formula is C11H14N4O. The van der Waals surface area contributed by atoms with Crippen LogP contribution in [0.25, 0.3) is 11.1 Å². The van der Waals surface area contributed by atoms with Crippen molar-refractivity contribution < 1.29 is 4.52 Å². The summed E-state index contributed by atoms with van der Waals surface area (Å²) in [6.45, 7) is 5.93. The highest BCUT2D eigenvalue weighted by Gasteiger charge is 2.13. The molecule has 16 heavy (non-hydrogen) atoms. The molecule has 0 spiro atoms. The van der Waals surface area contributed by atoms with E-state index in [0.717, 1.165) is 43.1 Å². The second-order valence-corrected chi connectivity index (χ2v) is 4.03. The quantitative estimate of drug-likeness (QED) is 0.772. The number of nitrogens with zero attached hydrogens (tertiary/aromatic N) is 3. The number of pyridine rings is 1. The molecule has 0 saturated carbocycles. The predicted molar refractivity (Wildman–Crippen MR) is 61.6 cm³/mol. The highest BCUT2D eigenvalue weighted by Crippen LogP contribution is 2.20. The molecule has 0 atom stereocenters. The van der Waals surface area contributed by atoms with Crippen LogP contribution in [0.5, 0.6) is 0 Å². The number of nitrogens with one attached hydrogen (secondary N) is 1. The average molecular weight is 218 g/mol. The highest BCUT2D eigenvalue weighted by molar-refractivity contribution is 5.77. The molecule has 1 N–H and O–H groups in total. The van der Waals surface area contributed by atoms with E-state index in [-0.39, 0.29) is 0 Å². The first kappa shape index (κ1) is 9.59. The van der Waals surface area contributed by atoms with Gasteiger partial charge in [-0.1, -0.05) is 5.16 Å². The van der Waals surface area contributed by atoms with E-state index >= 15 is 0 Å². The molecule has 0 radical (unpaired) electrons. The van der Waals surface area contributed by atoms with Crippen LogP contribution < -0.4 is 10.2 Å². The van der Waals surface area contributed by atoms with Gasteiger partial charge in [0.15, 0.2) is 0 Å². The van der Waals surface area contributed by atoms with Crippen molar-refractivity contribution in [1.29, 1.82) is 0 Å². The van der Waals surface area contributed by atoms with E-state index in [1.54, 1.807) is 0 Å². The number of hydrogen-bond donors (Lipinski definition) is 1. The fourth-order valence-electron chi connectivity index (χ4n) is 2.01. The fraction of sp³-hybridized carbons (Fsp3) is 0.455. The van der Waals surface area contributed by atoms with Gasteiger partial charge in [0.2, 0.25) is 0 Å². The van der Waals surface area contributed by atoms with E-state index in [0.29, 0.717) is 5.71 Å². The zero-order valence-corrected chi connectivity index (χ0v) is 9.23. The summed E-state index contributed by atoms with van der Waals surface area (Å²) >= 11 is 0. The van der Waals surface area contributed by atoms with Gasteiger partial charge in [0.1, 0.15) is 5.82 Å². The molecule has 3 rings (SSSR count). The second kappa shape index (κ2) is 3.75. The van der Waals surface area contributed by atoms with Crippen LogP contribution in [0.3, 0.4) is 0 Å². The lowest BCUT2D eigenvalue weighted by Crippen LogP contribution is -2.43. The Morgan fingerprint density at radius 2 is 2.12 bits per heavy atom. The van der Waals surface area contributed by atoms with Gasteiger partial charge in [-0.05, 0) is 19.1 Å². The van der Waals surface area contributed by atoms with Crippen LogP contribution in [-0.4, -0.2) is 36.3 Å².